The smallest absolute Gasteiger partial charge is 0.407 e. The lowest BCUT2D eigenvalue weighted by atomic mass is 9.98. The molecule has 6 nitrogen and oxygen atoms in total. The average Bonchev–Trinajstić information content (AvgIpc) is 2.99. The summed E-state index contributed by atoms with van der Waals surface area (Å²) in [5, 5.41) is 20.5. The van der Waals surface area contributed by atoms with E-state index in [1.807, 2.05) is 48.5 Å². The van der Waals surface area contributed by atoms with Crippen molar-refractivity contribution in [3.63, 3.8) is 0 Å². The molecule has 0 aromatic heterocycles. The summed E-state index contributed by atoms with van der Waals surface area (Å²) in [5.41, 5.74) is 4.23. The van der Waals surface area contributed by atoms with Crippen LogP contribution in [0.3, 0.4) is 0 Å². The van der Waals surface area contributed by atoms with Gasteiger partial charge in [-0.05, 0) is 22.3 Å². The summed E-state index contributed by atoms with van der Waals surface area (Å²) >= 11 is 0. The maximum atomic E-state index is 12.4. The number of nitrogens with one attached hydrogen (secondary N) is 1. The first-order valence-corrected chi connectivity index (χ1v) is 8.59. The third kappa shape index (κ3) is 4.09. The fourth-order valence-corrected chi connectivity index (χ4v) is 3.34. The van der Waals surface area contributed by atoms with Gasteiger partial charge in [-0.3, -0.25) is 0 Å². The number of aliphatic carboxylic acids is 1. The number of hydrogen-bond donors (Lipinski definition) is 3. The van der Waals surface area contributed by atoms with Crippen LogP contribution >= 0.6 is 0 Å². The number of carboxylic acids is 1. The SMILES string of the molecule is O=C(NC(CC(O)CF)C(=O)O)OCC1c2ccccc2-c2ccccc21. The van der Waals surface area contributed by atoms with Crippen molar-refractivity contribution in [2.75, 3.05) is 13.3 Å². The maximum absolute atomic E-state index is 12.4. The van der Waals surface area contributed by atoms with Crippen molar-refractivity contribution in [2.45, 2.75) is 24.5 Å². The van der Waals surface area contributed by atoms with E-state index in [-0.39, 0.29) is 12.5 Å². The van der Waals surface area contributed by atoms with Crippen molar-refractivity contribution in [3.05, 3.63) is 59.7 Å². The Labute approximate surface area is 155 Å². The largest absolute Gasteiger partial charge is 0.480 e. The summed E-state index contributed by atoms with van der Waals surface area (Å²) in [6.07, 6.45) is -2.81. The summed E-state index contributed by atoms with van der Waals surface area (Å²) in [6, 6.07) is 14.2. The van der Waals surface area contributed by atoms with Gasteiger partial charge in [0.15, 0.2) is 0 Å². The third-order valence-corrected chi connectivity index (χ3v) is 4.62. The minimum Gasteiger partial charge on any atom is -0.480 e. The Morgan fingerprint density at radius 2 is 1.63 bits per heavy atom. The number of benzene rings is 2. The van der Waals surface area contributed by atoms with Crippen LogP contribution in [0.5, 0.6) is 0 Å². The van der Waals surface area contributed by atoms with Crippen LogP contribution in [-0.4, -0.2) is 47.7 Å². The Hall–Kier alpha value is -2.93. The molecule has 7 heteroatoms. The van der Waals surface area contributed by atoms with Gasteiger partial charge >= 0.3 is 12.1 Å². The molecule has 0 saturated carbocycles. The molecule has 3 rings (SSSR count). The van der Waals surface area contributed by atoms with E-state index in [2.05, 4.69) is 5.32 Å². The molecule has 1 amide bonds. The van der Waals surface area contributed by atoms with Gasteiger partial charge < -0.3 is 20.3 Å². The van der Waals surface area contributed by atoms with Gasteiger partial charge in [0, 0.05) is 12.3 Å². The Morgan fingerprint density at radius 3 is 2.15 bits per heavy atom. The molecule has 1 aliphatic carbocycles. The van der Waals surface area contributed by atoms with E-state index in [1.165, 1.54) is 0 Å². The van der Waals surface area contributed by atoms with E-state index < -0.39 is 37.3 Å². The number of alkyl carbamates (subject to hydrolysis) is 1. The predicted octanol–water partition coefficient (Wildman–Crippen LogP) is 2.70. The number of hydrogen-bond acceptors (Lipinski definition) is 4. The third-order valence-electron chi connectivity index (χ3n) is 4.62. The molecule has 0 bridgehead atoms. The van der Waals surface area contributed by atoms with Crippen molar-refractivity contribution < 1.29 is 28.9 Å². The number of carbonyl (C=O) groups excluding carboxylic acids is 1. The highest BCUT2D eigenvalue weighted by Gasteiger charge is 2.30. The molecule has 27 heavy (non-hydrogen) atoms. The van der Waals surface area contributed by atoms with Crippen LogP contribution in [0.25, 0.3) is 11.1 Å². The highest BCUT2D eigenvalue weighted by atomic mass is 19.1. The summed E-state index contributed by atoms with van der Waals surface area (Å²) in [5.74, 6) is -1.51. The number of aliphatic hydroxyl groups excluding tert-OH is 1. The second-order valence-electron chi connectivity index (χ2n) is 6.40. The van der Waals surface area contributed by atoms with Crippen molar-refractivity contribution in [2.24, 2.45) is 0 Å². The number of carboxylic acid groups (broad SMARTS) is 1. The number of ether oxygens (including phenoxy) is 1. The molecule has 142 valence electrons. The van der Waals surface area contributed by atoms with E-state index in [0.29, 0.717) is 0 Å². The van der Waals surface area contributed by atoms with E-state index in [1.54, 1.807) is 0 Å². The van der Waals surface area contributed by atoms with E-state index >= 15 is 0 Å². The van der Waals surface area contributed by atoms with Crippen molar-refractivity contribution >= 4 is 12.1 Å². The molecule has 0 fully saturated rings. The van der Waals surface area contributed by atoms with Crippen LogP contribution in [0.15, 0.2) is 48.5 Å². The lowest BCUT2D eigenvalue weighted by Crippen LogP contribution is -2.43. The van der Waals surface area contributed by atoms with Gasteiger partial charge in [0.2, 0.25) is 0 Å². The molecule has 0 spiro atoms. The normalized spacial score (nSPS) is 14.7. The van der Waals surface area contributed by atoms with Crippen LogP contribution in [0.4, 0.5) is 9.18 Å². The number of halogens is 1. The first kappa shape index (κ1) is 18.8. The predicted molar refractivity (Wildman–Crippen MR) is 96.2 cm³/mol. The van der Waals surface area contributed by atoms with E-state index in [9.17, 15) is 19.1 Å². The number of rotatable bonds is 7. The number of carbonyl (C=O) groups is 2. The van der Waals surface area contributed by atoms with Gasteiger partial charge in [-0.25, -0.2) is 14.0 Å². The molecule has 2 unspecified atom stereocenters. The molecule has 2 aromatic rings. The Kier molecular flexibility index (Phi) is 5.71. The van der Waals surface area contributed by atoms with Crippen LogP contribution in [-0.2, 0) is 9.53 Å². The number of aliphatic hydroxyl groups is 1. The molecular weight excluding hydrogens is 353 g/mol. The fourth-order valence-electron chi connectivity index (χ4n) is 3.34. The maximum Gasteiger partial charge on any atom is 0.407 e. The lowest BCUT2D eigenvalue weighted by molar-refractivity contribution is -0.140. The van der Waals surface area contributed by atoms with Crippen molar-refractivity contribution in [3.8, 4) is 11.1 Å². The molecule has 0 radical (unpaired) electrons. The van der Waals surface area contributed by atoms with Gasteiger partial charge in [-0.1, -0.05) is 48.5 Å². The summed E-state index contributed by atoms with van der Waals surface area (Å²) < 4.78 is 17.6. The number of fused-ring (bicyclic) bond motifs is 3. The summed E-state index contributed by atoms with van der Waals surface area (Å²) in [6.45, 7) is -1.05. The molecule has 2 atom stereocenters. The molecule has 2 aromatic carbocycles. The second-order valence-corrected chi connectivity index (χ2v) is 6.40. The van der Waals surface area contributed by atoms with Crippen molar-refractivity contribution in [1.29, 1.82) is 0 Å². The molecular formula is C20H20FNO5. The molecule has 1 aliphatic rings. The molecule has 0 saturated heterocycles. The van der Waals surface area contributed by atoms with Crippen LogP contribution in [0.2, 0.25) is 0 Å². The molecule has 0 heterocycles. The fraction of sp³-hybridized carbons (Fsp3) is 0.300. The average molecular weight is 373 g/mol. The minimum absolute atomic E-state index is 0.0395. The topological polar surface area (TPSA) is 95.9 Å². The van der Waals surface area contributed by atoms with E-state index in [0.717, 1.165) is 22.3 Å². The highest BCUT2D eigenvalue weighted by Crippen LogP contribution is 2.44. The van der Waals surface area contributed by atoms with Crippen LogP contribution in [0.1, 0.15) is 23.5 Å². The Bertz CT molecular complexity index is 795. The molecule has 0 aliphatic heterocycles. The monoisotopic (exact) mass is 373 g/mol. The van der Waals surface area contributed by atoms with Gasteiger partial charge in [0.1, 0.15) is 19.3 Å². The Morgan fingerprint density at radius 1 is 1.07 bits per heavy atom. The first-order valence-electron chi connectivity index (χ1n) is 8.59. The second kappa shape index (κ2) is 8.18. The quantitative estimate of drug-likeness (QED) is 0.694. The summed E-state index contributed by atoms with van der Waals surface area (Å²) in [4.78, 5) is 23.2. The Balaban J connectivity index is 1.68. The first-order chi connectivity index (χ1) is 13.0. The number of amides is 1. The van der Waals surface area contributed by atoms with Gasteiger partial charge in [-0.2, -0.15) is 0 Å². The zero-order chi connectivity index (χ0) is 19.4. The molecule has 3 N–H and O–H groups in total. The van der Waals surface area contributed by atoms with Gasteiger partial charge in [-0.15, -0.1) is 0 Å². The van der Waals surface area contributed by atoms with Crippen molar-refractivity contribution in [1.82, 2.24) is 5.32 Å². The zero-order valence-corrected chi connectivity index (χ0v) is 14.5. The van der Waals surface area contributed by atoms with E-state index in [4.69, 9.17) is 9.84 Å². The standard InChI is InChI=1S/C20H20FNO5/c21-10-12(23)9-18(19(24)25)22-20(26)27-11-17-15-7-3-1-5-13(15)14-6-2-4-8-16(14)17/h1-8,12,17-18,23H,9-11H2,(H,22,26)(H,24,25). The zero-order valence-electron chi connectivity index (χ0n) is 14.5. The minimum atomic E-state index is -1.46. The highest BCUT2D eigenvalue weighted by molar-refractivity contribution is 5.81. The summed E-state index contributed by atoms with van der Waals surface area (Å²) in [7, 11) is 0. The number of alkyl halides is 1. The van der Waals surface area contributed by atoms with Gasteiger partial charge in [0.05, 0.1) is 6.10 Å². The lowest BCUT2D eigenvalue weighted by Gasteiger charge is -2.18. The van der Waals surface area contributed by atoms with Gasteiger partial charge in [0.25, 0.3) is 0 Å². The van der Waals surface area contributed by atoms with Crippen LogP contribution in [0, 0.1) is 0 Å². The van der Waals surface area contributed by atoms with Crippen LogP contribution < -0.4 is 5.32 Å².